The van der Waals surface area contributed by atoms with E-state index in [-0.39, 0.29) is 35.2 Å². The largest absolute Gasteiger partial charge is 0.508 e. The molecule has 0 aliphatic rings. The zero-order chi connectivity index (χ0) is 24.8. The highest BCUT2D eigenvalue weighted by atomic mass is 79.9. The molecule has 0 spiro atoms. The van der Waals surface area contributed by atoms with Crippen molar-refractivity contribution >= 4 is 33.5 Å². The summed E-state index contributed by atoms with van der Waals surface area (Å²) in [5.41, 5.74) is 0.913. The molecule has 1 heterocycles. The Kier molecular flexibility index (Phi) is 7.94. The minimum Gasteiger partial charge on any atom is -0.508 e. The van der Waals surface area contributed by atoms with Crippen molar-refractivity contribution in [1.82, 2.24) is 14.8 Å². The Morgan fingerprint density at radius 3 is 2.34 bits per heavy atom. The maximum absolute atomic E-state index is 12.7. The number of hydrogen-bond acceptors (Lipinski definition) is 8. The van der Waals surface area contributed by atoms with Crippen molar-refractivity contribution < 1.29 is 24.5 Å². The van der Waals surface area contributed by atoms with Gasteiger partial charge in [0.25, 0.3) is 0 Å². The molecule has 4 rings (SSSR count). The molecule has 180 valence electrons. The molecule has 10 heteroatoms. The third-order valence-corrected chi connectivity index (χ3v) is 6.36. The SMILES string of the molecule is CCOc1ccc(-n2c(COc3ccc(Br)cc3)nnc2SCC(=O)c2ccc(O)cc2O)cc1. The van der Waals surface area contributed by atoms with Gasteiger partial charge < -0.3 is 19.7 Å². The van der Waals surface area contributed by atoms with E-state index < -0.39 is 0 Å². The number of benzene rings is 3. The number of carbonyl (C=O) groups is 1. The monoisotopic (exact) mass is 555 g/mol. The second kappa shape index (κ2) is 11.3. The minimum absolute atomic E-state index is 0.0149. The first-order valence-electron chi connectivity index (χ1n) is 10.7. The summed E-state index contributed by atoms with van der Waals surface area (Å²) in [5.74, 6) is 1.30. The number of aromatic nitrogens is 3. The van der Waals surface area contributed by atoms with Crippen LogP contribution >= 0.6 is 27.7 Å². The number of ether oxygens (including phenoxy) is 2. The van der Waals surface area contributed by atoms with Crippen molar-refractivity contribution in [2.24, 2.45) is 0 Å². The van der Waals surface area contributed by atoms with Crippen LogP contribution in [0.25, 0.3) is 5.69 Å². The Balaban J connectivity index is 1.57. The summed E-state index contributed by atoms with van der Waals surface area (Å²) in [6.45, 7) is 2.64. The normalized spacial score (nSPS) is 10.8. The van der Waals surface area contributed by atoms with E-state index in [9.17, 15) is 15.0 Å². The lowest BCUT2D eigenvalue weighted by Gasteiger charge is -2.12. The smallest absolute Gasteiger partial charge is 0.196 e. The van der Waals surface area contributed by atoms with Crippen LogP contribution in [0.15, 0.2) is 76.4 Å². The number of hydrogen-bond donors (Lipinski definition) is 2. The molecule has 0 atom stereocenters. The highest BCUT2D eigenvalue weighted by Gasteiger charge is 2.19. The van der Waals surface area contributed by atoms with Crippen molar-refractivity contribution in [3.8, 4) is 28.7 Å². The number of phenolic OH excluding ortho intramolecular Hbond substituents is 2. The molecule has 8 nitrogen and oxygen atoms in total. The van der Waals surface area contributed by atoms with E-state index in [2.05, 4.69) is 26.1 Å². The van der Waals surface area contributed by atoms with E-state index in [0.717, 1.165) is 22.0 Å². The molecule has 0 fully saturated rings. The number of rotatable bonds is 10. The quantitative estimate of drug-likeness (QED) is 0.198. The molecule has 35 heavy (non-hydrogen) atoms. The fourth-order valence-corrected chi connectivity index (χ4v) is 4.37. The molecule has 0 unspecified atom stereocenters. The van der Waals surface area contributed by atoms with Gasteiger partial charge in [0.2, 0.25) is 0 Å². The van der Waals surface area contributed by atoms with Crippen molar-refractivity contribution in [3.05, 3.63) is 82.6 Å². The third kappa shape index (κ3) is 6.14. The zero-order valence-corrected chi connectivity index (χ0v) is 21.1. The van der Waals surface area contributed by atoms with Crippen LogP contribution in [0.3, 0.4) is 0 Å². The Hall–Kier alpha value is -3.50. The van der Waals surface area contributed by atoms with Crippen LogP contribution in [0.5, 0.6) is 23.0 Å². The summed E-state index contributed by atoms with van der Waals surface area (Å²) >= 11 is 4.60. The predicted molar refractivity (Wildman–Crippen MR) is 136 cm³/mol. The zero-order valence-electron chi connectivity index (χ0n) is 18.7. The third-order valence-electron chi connectivity index (χ3n) is 4.90. The number of aromatic hydroxyl groups is 2. The lowest BCUT2D eigenvalue weighted by molar-refractivity contribution is 0.102. The molecule has 3 aromatic carbocycles. The van der Waals surface area contributed by atoms with E-state index in [1.54, 1.807) is 0 Å². The van der Waals surface area contributed by atoms with Crippen LogP contribution in [0, 0.1) is 0 Å². The second-order valence-corrected chi connectivity index (χ2v) is 9.18. The number of halogens is 1. The van der Waals surface area contributed by atoms with Crippen LogP contribution in [-0.2, 0) is 6.61 Å². The van der Waals surface area contributed by atoms with E-state index in [1.807, 2.05) is 60.0 Å². The Morgan fingerprint density at radius 2 is 1.66 bits per heavy atom. The number of ketones is 1. The van der Waals surface area contributed by atoms with Gasteiger partial charge in [-0.3, -0.25) is 9.36 Å². The lowest BCUT2D eigenvalue weighted by atomic mass is 10.1. The first-order chi connectivity index (χ1) is 16.9. The van der Waals surface area contributed by atoms with E-state index in [0.29, 0.717) is 23.3 Å². The average Bonchev–Trinajstić information content (AvgIpc) is 3.25. The van der Waals surface area contributed by atoms with Crippen LogP contribution in [0.1, 0.15) is 23.1 Å². The molecule has 4 aromatic rings. The van der Waals surface area contributed by atoms with Crippen molar-refractivity contribution in [2.75, 3.05) is 12.4 Å². The lowest BCUT2D eigenvalue weighted by Crippen LogP contribution is -2.08. The van der Waals surface area contributed by atoms with Crippen LogP contribution < -0.4 is 9.47 Å². The van der Waals surface area contributed by atoms with Gasteiger partial charge in [0.1, 0.15) is 29.6 Å². The van der Waals surface area contributed by atoms with Crippen molar-refractivity contribution in [3.63, 3.8) is 0 Å². The molecule has 0 saturated carbocycles. The summed E-state index contributed by atoms with van der Waals surface area (Å²) in [4.78, 5) is 12.7. The molecule has 0 aliphatic heterocycles. The summed E-state index contributed by atoms with van der Waals surface area (Å²) in [6.07, 6.45) is 0. The fraction of sp³-hybridized carbons (Fsp3) is 0.160. The average molecular weight is 556 g/mol. The molecule has 0 amide bonds. The highest BCUT2D eigenvalue weighted by molar-refractivity contribution is 9.10. The van der Waals surface area contributed by atoms with Gasteiger partial charge in [0.15, 0.2) is 16.8 Å². The summed E-state index contributed by atoms with van der Waals surface area (Å²) in [6, 6.07) is 18.8. The number of carbonyl (C=O) groups excluding carboxylic acids is 1. The molecule has 0 radical (unpaired) electrons. The van der Waals surface area contributed by atoms with Gasteiger partial charge in [-0.05, 0) is 67.6 Å². The number of Topliss-reactive ketones (excluding diaryl/α,β-unsaturated/α-hetero) is 1. The van der Waals surface area contributed by atoms with Gasteiger partial charge in [-0.15, -0.1) is 10.2 Å². The second-order valence-electron chi connectivity index (χ2n) is 7.32. The summed E-state index contributed by atoms with van der Waals surface area (Å²) in [5, 5.41) is 28.6. The Labute approximate surface area is 214 Å². The Bertz CT molecular complexity index is 1310. The van der Waals surface area contributed by atoms with Gasteiger partial charge >= 0.3 is 0 Å². The van der Waals surface area contributed by atoms with Gasteiger partial charge in [0.05, 0.1) is 17.9 Å². The molecular weight excluding hydrogens is 534 g/mol. The van der Waals surface area contributed by atoms with Gasteiger partial charge in [-0.1, -0.05) is 27.7 Å². The maximum Gasteiger partial charge on any atom is 0.196 e. The van der Waals surface area contributed by atoms with E-state index >= 15 is 0 Å². The van der Waals surface area contributed by atoms with Crippen molar-refractivity contribution in [2.45, 2.75) is 18.7 Å². The number of phenols is 2. The van der Waals surface area contributed by atoms with Crippen LogP contribution in [0.4, 0.5) is 0 Å². The summed E-state index contributed by atoms with van der Waals surface area (Å²) < 4.78 is 14.2. The maximum atomic E-state index is 12.7. The topological polar surface area (TPSA) is 107 Å². The molecule has 2 N–H and O–H groups in total. The van der Waals surface area contributed by atoms with Gasteiger partial charge in [-0.2, -0.15) is 0 Å². The molecule has 1 aromatic heterocycles. The van der Waals surface area contributed by atoms with Gasteiger partial charge in [-0.25, -0.2) is 0 Å². The fourth-order valence-electron chi connectivity index (χ4n) is 3.25. The van der Waals surface area contributed by atoms with E-state index in [4.69, 9.17) is 9.47 Å². The molecule has 0 bridgehead atoms. The minimum atomic E-state index is -0.304. The van der Waals surface area contributed by atoms with E-state index in [1.165, 1.54) is 23.9 Å². The van der Waals surface area contributed by atoms with Crippen molar-refractivity contribution in [1.29, 1.82) is 0 Å². The van der Waals surface area contributed by atoms with Gasteiger partial charge in [0, 0.05) is 16.2 Å². The molecular formula is C25H22BrN3O5S. The first-order valence-corrected chi connectivity index (χ1v) is 12.5. The molecule has 0 aliphatic carbocycles. The summed E-state index contributed by atoms with van der Waals surface area (Å²) in [7, 11) is 0. The predicted octanol–water partition coefficient (Wildman–Crippen LogP) is 5.39. The Morgan fingerprint density at radius 1 is 0.971 bits per heavy atom. The standard InChI is InChI=1S/C25H22BrN3O5S/c1-2-33-19-10-5-17(6-11-19)29-24(14-34-20-8-3-16(26)4-9-20)27-28-25(29)35-15-23(32)21-12-7-18(30)13-22(21)31/h3-13,30-31H,2,14-15H2,1H3. The van der Waals surface area contributed by atoms with Crippen LogP contribution in [-0.4, -0.2) is 43.1 Å². The molecule has 0 saturated heterocycles. The highest BCUT2D eigenvalue weighted by Crippen LogP contribution is 2.28. The van der Waals surface area contributed by atoms with Crippen LogP contribution in [0.2, 0.25) is 0 Å². The number of nitrogens with zero attached hydrogens (tertiary/aromatic N) is 3. The number of thioether (sulfide) groups is 1. The first kappa shape index (κ1) is 24.6.